The lowest BCUT2D eigenvalue weighted by atomic mass is 9.92. The Morgan fingerprint density at radius 1 is 1.20 bits per heavy atom. The monoisotopic (exact) mass is 346 g/mol. The van der Waals surface area contributed by atoms with E-state index in [9.17, 15) is 14.4 Å². The smallest absolute Gasteiger partial charge is 0.325 e. The number of carbonyl (C=O) groups excluding carboxylic acids is 3. The van der Waals surface area contributed by atoms with Gasteiger partial charge < -0.3 is 15.5 Å². The van der Waals surface area contributed by atoms with Gasteiger partial charge in [0.25, 0.3) is 5.91 Å². The van der Waals surface area contributed by atoms with Gasteiger partial charge in [-0.2, -0.15) is 0 Å². The van der Waals surface area contributed by atoms with E-state index in [4.69, 9.17) is 0 Å². The summed E-state index contributed by atoms with van der Waals surface area (Å²) in [7, 11) is 0. The minimum Gasteiger partial charge on any atom is -0.353 e. The van der Waals surface area contributed by atoms with E-state index in [1.54, 1.807) is 19.1 Å². The fourth-order valence-corrected chi connectivity index (χ4v) is 2.90. The molecule has 1 saturated heterocycles. The Morgan fingerprint density at radius 2 is 1.84 bits per heavy atom. The first-order chi connectivity index (χ1) is 11.9. The number of benzene rings is 1. The average Bonchev–Trinajstić information content (AvgIpc) is 2.84. The quantitative estimate of drug-likeness (QED) is 0.686. The molecule has 2 N–H and O–H groups in total. The lowest BCUT2D eigenvalue weighted by Gasteiger charge is -2.22. The van der Waals surface area contributed by atoms with Crippen molar-refractivity contribution in [2.24, 2.45) is 0 Å². The Labute approximate surface area is 148 Å². The number of hydrogen-bond acceptors (Lipinski definition) is 4. The molecule has 0 saturated carbocycles. The summed E-state index contributed by atoms with van der Waals surface area (Å²) in [5, 5.41) is 5.46. The second-order valence-electron chi connectivity index (χ2n) is 6.19. The average molecular weight is 346 g/mol. The maximum atomic E-state index is 12.7. The third kappa shape index (κ3) is 4.17. The predicted octanol–water partition coefficient (Wildman–Crippen LogP) is 0.912. The molecule has 0 aliphatic carbocycles. The molecule has 136 valence electrons. The molecule has 1 heterocycles. The van der Waals surface area contributed by atoms with Crippen LogP contribution in [0.15, 0.2) is 30.3 Å². The third-order valence-corrected chi connectivity index (χ3v) is 4.57. The molecular weight excluding hydrogens is 320 g/mol. The highest BCUT2D eigenvalue weighted by molar-refractivity contribution is 6.09. The van der Waals surface area contributed by atoms with E-state index in [1.165, 1.54) is 0 Å². The summed E-state index contributed by atoms with van der Waals surface area (Å²) in [5.74, 6) is -0.754. The van der Waals surface area contributed by atoms with Gasteiger partial charge in [0.1, 0.15) is 12.1 Å². The molecule has 25 heavy (non-hydrogen) atoms. The lowest BCUT2D eigenvalue weighted by Crippen LogP contribution is -2.44. The molecular formula is C18H26N4O3. The number of amides is 4. The van der Waals surface area contributed by atoms with Gasteiger partial charge in [0.15, 0.2) is 0 Å². The molecule has 1 aromatic carbocycles. The Morgan fingerprint density at radius 3 is 2.44 bits per heavy atom. The molecule has 1 aliphatic rings. The van der Waals surface area contributed by atoms with Crippen molar-refractivity contribution in [3.8, 4) is 0 Å². The van der Waals surface area contributed by atoms with E-state index in [1.807, 2.05) is 18.2 Å². The number of likely N-dealkylation sites (N-methyl/N-ethyl adjacent to an activating group) is 1. The molecule has 0 bridgehead atoms. The Hall–Kier alpha value is -2.41. The summed E-state index contributed by atoms with van der Waals surface area (Å²) >= 11 is 0. The molecule has 1 unspecified atom stereocenters. The Bertz CT molecular complexity index is 630. The minimum absolute atomic E-state index is 0.272. The highest BCUT2D eigenvalue weighted by Gasteiger charge is 2.49. The maximum Gasteiger partial charge on any atom is 0.325 e. The largest absolute Gasteiger partial charge is 0.353 e. The van der Waals surface area contributed by atoms with Crippen LogP contribution in [0.2, 0.25) is 0 Å². The lowest BCUT2D eigenvalue weighted by molar-refractivity contribution is -0.134. The maximum absolute atomic E-state index is 12.7. The standard InChI is InChI=1S/C18H26N4O3/c1-4-21(5-2)12-11-19-15(23)13-22-16(24)18(3,20-17(22)25)14-9-7-6-8-10-14/h6-10H,4-5,11-13H2,1-3H3,(H,19,23)(H,20,25). The molecule has 1 aromatic rings. The van der Waals surface area contributed by atoms with E-state index < -0.39 is 17.5 Å². The first-order valence-corrected chi connectivity index (χ1v) is 8.61. The summed E-state index contributed by atoms with van der Waals surface area (Å²) in [6.45, 7) is 8.54. The van der Waals surface area contributed by atoms with Gasteiger partial charge in [-0.15, -0.1) is 0 Å². The molecule has 7 nitrogen and oxygen atoms in total. The van der Waals surface area contributed by atoms with Crippen LogP contribution >= 0.6 is 0 Å². The van der Waals surface area contributed by atoms with Gasteiger partial charge in [0.2, 0.25) is 5.91 Å². The van der Waals surface area contributed by atoms with Crippen LogP contribution < -0.4 is 10.6 Å². The third-order valence-electron chi connectivity index (χ3n) is 4.57. The van der Waals surface area contributed by atoms with Gasteiger partial charge in [-0.1, -0.05) is 44.2 Å². The summed E-state index contributed by atoms with van der Waals surface area (Å²) in [6, 6.07) is 8.48. The number of urea groups is 1. The van der Waals surface area contributed by atoms with E-state index in [0.717, 1.165) is 24.5 Å². The topological polar surface area (TPSA) is 81.8 Å². The Balaban J connectivity index is 1.95. The molecule has 2 rings (SSSR count). The second kappa shape index (κ2) is 8.11. The number of nitrogens with zero attached hydrogens (tertiary/aromatic N) is 2. The van der Waals surface area contributed by atoms with Crippen molar-refractivity contribution in [3.05, 3.63) is 35.9 Å². The van der Waals surface area contributed by atoms with Crippen molar-refractivity contribution in [2.75, 3.05) is 32.7 Å². The van der Waals surface area contributed by atoms with Gasteiger partial charge in [-0.25, -0.2) is 4.79 Å². The van der Waals surface area contributed by atoms with Gasteiger partial charge >= 0.3 is 6.03 Å². The van der Waals surface area contributed by atoms with Crippen LogP contribution in [0.5, 0.6) is 0 Å². The van der Waals surface area contributed by atoms with E-state index in [2.05, 4.69) is 29.4 Å². The molecule has 1 atom stereocenters. The normalized spacial score (nSPS) is 20.1. The van der Waals surface area contributed by atoms with Gasteiger partial charge in [-0.3, -0.25) is 14.5 Å². The zero-order valence-corrected chi connectivity index (χ0v) is 15.0. The first-order valence-electron chi connectivity index (χ1n) is 8.61. The van der Waals surface area contributed by atoms with Crippen LogP contribution in [-0.4, -0.2) is 60.4 Å². The van der Waals surface area contributed by atoms with Crippen LogP contribution in [0.25, 0.3) is 0 Å². The second-order valence-corrected chi connectivity index (χ2v) is 6.19. The zero-order valence-electron chi connectivity index (χ0n) is 15.0. The highest BCUT2D eigenvalue weighted by atomic mass is 16.2. The molecule has 1 fully saturated rings. The molecule has 0 spiro atoms. The number of hydrogen-bond donors (Lipinski definition) is 2. The SMILES string of the molecule is CCN(CC)CCNC(=O)CN1C(=O)NC(C)(c2ccccc2)C1=O. The molecule has 4 amide bonds. The fourth-order valence-electron chi connectivity index (χ4n) is 2.90. The van der Waals surface area contributed by atoms with Gasteiger partial charge in [0.05, 0.1) is 0 Å². The van der Waals surface area contributed by atoms with E-state index in [-0.39, 0.29) is 12.5 Å². The van der Waals surface area contributed by atoms with Crippen LogP contribution in [-0.2, 0) is 15.1 Å². The molecule has 0 aromatic heterocycles. The summed E-state index contributed by atoms with van der Waals surface area (Å²) in [6.07, 6.45) is 0. The first kappa shape index (κ1) is 18.9. The summed E-state index contributed by atoms with van der Waals surface area (Å²) in [4.78, 5) is 40.1. The number of carbonyl (C=O) groups is 3. The van der Waals surface area contributed by atoms with Crippen molar-refractivity contribution in [3.63, 3.8) is 0 Å². The van der Waals surface area contributed by atoms with Crippen LogP contribution in [0, 0.1) is 0 Å². The number of rotatable bonds is 8. The van der Waals surface area contributed by atoms with Crippen molar-refractivity contribution in [1.82, 2.24) is 20.4 Å². The van der Waals surface area contributed by atoms with Crippen LogP contribution in [0.4, 0.5) is 4.79 Å². The summed E-state index contributed by atoms with van der Waals surface area (Å²) < 4.78 is 0. The van der Waals surface area contributed by atoms with Crippen LogP contribution in [0.3, 0.4) is 0 Å². The summed E-state index contributed by atoms with van der Waals surface area (Å²) in [5.41, 5.74) is -0.447. The van der Waals surface area contributed by atoms with Crippen molar-refractivity contribution in [1.29, 1.82) is 0 Å². The number of imide groups is 1. The molecule has 0 radical (unpaired) electrons. The van der Waals surface area contributed by atoms with Crippen LogP contribution in [0.1, 0.15) is 26.3 Å². The van der Waals surface area contributed by atoms with Crippen molar-refractivity contribution < 1.29 is 14.4 Å². The fraction of sp³-hybridized carbons (Fsp3) is 0.500. The van der Waals surface area contributed by atoms with E-state index >= 15 is 0 Å². The highest BCUT2D eigenvalue weighted by Crippen LogP contribution is 2.28. The van der Waals surface area contributed by atoms with Gasteiger partial charge in [0, 0.05) is 13.1 Å². The van der Waals surface area contributed by atoms with Crippen molar-refractivity contribution in [2.45, 2.75) is 26.3 Å². The zero-order chi connectivity index (χ0) is 18.4. The van der Waals surface area contributed by atoms with E-state index in [0.29, 0.717) is 12.1 Å². The number of nitrogens with one attached hydrogen (secondary N) is 2. The van der Waals surface area contributed by atoms with Crippen molar-refractivity contribution >= 4 is 17.8 Å². The minimum atomic E-state index is -1.14. The molecule has 1 aliphatic heterocycles. The predicted molar refractivity (Wildman–Crippen MR) is 94.8 cm³/mol. The Kier molecular flexibility index (Phi) is 6.14. The van der Waals surface area contributed by atoms with Gasteiger partial charge in [-0.05, 0) is 25.6 Å². The molecule has 7 heteroatoms.